The van der Waals surface area contributed by atoms with Gasteiger partial charge in [-0.25, -0.2) is 4.79 Å². The Morgan fingerprint density at radius 2 is 2.00 bits per heavy atom. The van der Waals surface area contributed by atoms with E-state index in [1.165, 1.54) is 0 Å². The van der Waals surface area contributed by atoms with Crippen LogP contribution in [0.5, 0.6) is 0 Å². The van der Waals surface area contributed by atoms with E-state index in [0.29, 0.717) is 12.1 Å². The van der Waals surface area contributed by atoms with E-state index in [4.69, 9.17) is 9.84 Å². The SMILES string of the molecule is CC(Cc1cccc(NC(=O)OC(C)(C)C)c1)C(=O)O. The number of carbonyl (C=O) groups is 2. The van der Waals surface area contributed by atoms with Crippen molar-refractivity contribution in [3.63, 3.8) is 0 Å². The molecule has 0 aromatic heterocycles. The van der Waals surface area contributed by atoms with Gasteiger partial charge >= 0.3 is 12.1 Å². The Labute approximate surface area is 118 Å². The molecule has 0 aliphatic carbocycles. The summed E-state index contributed by atoms with van der Waals surface area (Å²) in [6.07, 6.45) is -0.111. The van der Waals surface area contributed by atoms with Crippen molar-refractivity contribution < 1.29 is 19.4 Å². The zero-order chi connectivity index (χ0) is 15.3. The molecule has 0 heterocycles. The highest BCUT2D eigenvalue weighted by Gasteiger charge is 2.16. The van der Waals surface area contributed by atoms with Crippen molar-refractivity contribution in [1.29, 1.82) is 0 Å². The summed E-state index contributed by atoms with van der Waals surface area (Å²) in [5.74, 6) is -1.30. The predicted molar refractivity (Wildman–Crippen MR) is 76.8 cm³/mol. The summed E-state index contributed by atoms with van der Waals surface area (Å²) < 4.78 is 5.16. The minimum absolute atomic E-state index is 0.416. The van der Waals surface area contributed by atoms with Crippen LogP contribution in [0.2, 0.25) is 0 Å². The van der Waals surface area contributed by atoms with Gasteiger partial charge in [0.2, 0.25) is 0 Å². The molecule has 0 radical (unpaired) electrons. The molecular weight excluding hydrogens is 258 g/mol. The molecule has 0 bridgehead atoms. The molecule has 5 nitrogen and oxygen atoms in total. The van der Waals surface area contributed by atoms with Gasteiger partial charge in [-0.2, -0.15) is 0 Å². The fourth-order valence-corrected chi connectivity index (χ4v) is 1.64. The van der Waals surface area contributed by atoms with Gasteiger partial charge < -0.3 is 9.84 Å². The lowest BCUT2D eigenvalue weighted by Crippen LogP contribution is -2.27. The van der Waals surface area contributed by atoms with Crippen LogP contribution in [0.25, 0.3) is 0 Å². The summed E-state index contributed by atoms with van der Waals surface area (Å²) in [6, 6.07) is 7.10. The Morgan fingerprint density at radius 1 is 1.35 bits per heavy atom. The van der Waals surface area contributed by atoms with Gasteiger partial charge in [-0.3, -0.25) is 10.1 Å². The van der Waals surface area contributed by atoms with Crippen LogP contribution in [0.3, 0.4) is 0 Å². The van der Waals surface area contributed by atoms with Crippen molar-refractivity contribution in [2.75, 3.05) is 5.32 Å². The maximum atomic E-state index is 11.6. The highest BCUT2D eigenvalue weighted by atomic mass is 16.6. The van der Waals surface area contributed by atoms with E-state index in [-0.39, 0.29) is 0 Å². The molecule has 0 saturated carbocycles. The number of amides is 1. The van der Waals surface area contributed by atoms with Crippen LogP contribution in [-0.2, 0) is 16.0 Å². The molecule has 0 aliphatic heterocycles. The summed E-state index contributed by atoms with van der Waals surface area (Å²) in [4.78, 5) is 22.5. The maximum absolute atomic E-state index is 11.6. The van der Waals surface area contributed by atoms with Crippen molar-refractivity contribution in [3.05, 3.63) is 29.8 Å². The lowest BCUT2D eigenvalue weighted by molar-refractivity contribution is -0.141. The van der Waals surface area contributed by atoms with E-state index >= 15 is 0 Å². The number of nitrogens with one attached hydrogen (secondary N) is 1. The summed E-state index contributed by atoms with van der Waals surface area (Å²) in [6.45, 7) is 7.02. The van der Waals surface area contributed by atoms with Gasteiger partial charge in [-0.15, -0.1) is 0 Å². The average Bonchev–Trinajstić information content (AvgIpc) is 2.26. The summed E-state index contributed by atoms with van der Waals surface area (Å²) >= 11 is 0. The number of aliphatic carboxylic acids is 1. The predicted octanol–water partition coefficient (Wildman–Crippen LogP) is 3.30. The Morgan fingerprint density at radius 3 is 2.55 bits per heavy atom. The maximum Gasteiger partial charge on any atom is 0.412 e. The van der Waals surface area contributed by atoms with E-state index in [1.807, 2.05) is 6.07 Å². The van der Waals surface area contributed by atoms with Crippen molar-refractivity contribution in [2.24, 2.45) is 5.92 Å². The van der Waals surface area contributed by atoms with Gasteiger partial charge in [0.05, 0.1) is 5.92 Å². The third kappa shape index (κ3) is 5.73. The van der Waals surface area contributed by atoms with Crippen LogP contribution >= 0.6 is 0 Å². The van der Waals surface area contributed by atoms with Gasteiger partial charge in [-0.05, 0) is 44.9 Å². The topological polar surface area (TPSA) is 75.6 Å². The molecule has 0 fully saturated rings. The molecule has 0 spiro atoms. The lowest BCUT2D eigenvalue weighted by atomic mass is 10.0. The van der Waals surface area contributed by atoms with Crippen LogP contribution in [0.4, 0.5) is 10.5 Å². The normalized spacial score (nSPS) is 12.6. The van der Waals surface area contributed by atoms with E-state index in [1.54, 1.807) is 45.9 Å². The average molecular weight is 279 g/mol. The lowest BCUT2D eigenvalue weighted by Gasteiger charge is -2.19. The summed E-state index contributed by atoms with van der Waals surface area (Å²) in [7, 11) is 0. The summed E-state index contributed by atoms with van der Waals surface area (Å²) in [5.41, 5.74) is 0.891. The molecule has 1 aromatic carbocycles. The monoisotopic (exact) mass is 279 g/mol. The molecule has 0 aliphatic rings. The molecule has 5 heteroatoms. The van der Waals surface area contributed by atoms with E-state index in [2.05, 4.69) is 5.32 Å². The largest absolute Gasteiger partial charge is 0.481 e. The molecule has 20 heavy (non-hydrogen) atoms. The first-order chi connectivity index (χ1) is 9.17. The molecule has 1 rings (SSSR count). The highest BCUT2D eigenvalue weighted by Crippen LogP contribution is 2.16. The van der Waals surface area contributed by atoms with Gasteiger partial charge in [0.1, 0.15) is 5.60 Å². The highest BCUT2D eigenvalue weighted by molar-refractivity contribution is 5.85. The second kappa shape index (κ2) is 6.41. The van der Waals surface area contributed by atoms with Crippen LogP contribution in [0.1, 0.15) is 33.3 Å². The number of carbonyl (C=O) groups excluding carboxylic acids is 1. The van der Waals surface area contributed by atoms with Gasteiger partial charge in [0.25, 0.3) is 0 Å². The first-order valence-electron chi connectivity index (χ1n) is 6.49. The zero-order valence-electron chi connectivity index (χ0n) is 12.3. The Kier molecular flexibility index (Phi) is 5.13. The Balaban J connectivity index is 2.69. The standard InChI is InChI=1S/C15H21NO4/c1-10(13(17)18)8-11-6-5-7-12(9-11)16-14(19)20-15(2,3)4/h5-7,9-10H,8H2,1-4H3,(H,16,19)(H,17,18). The smallest absolute Gasteiger partial charge is 0.412 e. The molecule has 0 saturated heterocycles. The Hall–Kier alpha value is -2.04. The minimum atomic E-state index is -0.837. The van der Waals surface area contributed by atoms with Gasteiger partial charge in [-0.1, -0.05) is 19.1 Å². The third-order valence-electron chi connectivity index (χ3n) is 2.54. The fraction of sp³-hybridized carbons (Fsp3) is 0.467. The first-order valence-corrected chi connectivity index (χ1v) is 6.49. The van der Waals surface area contributed by atoms with Crippen LogP contribution < -0.4 is 5.32 Å². The fourth-order valence-electron chi connectivity index (χ4n) is 1.64. The van der Waals surface area contributed by atoms with E-state index < -0.39 is 23.6 Å². The van der Waals surface area contributed by atoms with Crippen molar-refractivity contribution in [1.82, 2.24) is 0 Å². The number of rotatable bonds is 4. The number of carboxylic acids is 1. The van der Waals surface area contributed by atoms with Crippen LogP contribution in [0, 0.1) is 5.92 Å². The molecule has 1 unspecified atom stereocenters. The quantitative estimate of drug-likeness (QED) is 0.886. The molecular formula is C15H21NO4. The third-order valence-corrected chi connectivity index (χ3v) is 2.54. The van der Waals surface area contributed by atoms with Gasteiger partial charge in [0, 0.05) is 5.69 Å². The minimum Gasteiger partial charge on any atom is -0.481 e. The van der Waals surface area contributed by atoms with Crippen LogP contribution in [-0.4, -0.2) is 22.8 Å². The molecule has 1 aromatic rings. The van der Waals surface area contributed by atoms with Crippen molar-refractivity contribution in [2.45, 2.75) is 39.7 Å². The number of benzene rings is 1. The van der Waals surface area contributed by atoms with E-state index in [0.717, 1.165) is 5.56 Å². The van der Waals surface area contributed by atoms with E-state index in [9.17, 15) is 9.59 Å². The summed E-state index contributed by atoms with van der Waals surface area (Å²) in [5, 5.41) is 11.5. The van der Waals surface area contributed by atoms with Crippen molar-refractivity contribution >= 4 is 17.7 Å². The Bertz CT molecular complexity index is 491. The number of anilines is 1. The van der Waals surface area contributed by atoms with Gasteiger partial charge in [0.15, 0.2) is 0 Å². The second-order valence-electron chi connectivity index (χ2n) is 5.77. The molecule has 1 atom stereocenters. The second-order valence-corrected chi connectivity index (χ2v) is 5.77. The molecule has 1 amide bonds. The number of hydrogen-bond acceptors (Lipinski definition) is 3. The number of hydrogen-bond donors (Lipinski definition) is 2. The number of ether oxygens (including phenoxy) is 1. The molecule has 2 N–H and O–H groups in total. The van der Waals surface area contributed by atoms with Crippen LogP contribution in [0.15, 0.2) is 24.3 Å². The van der Waals surface area contributed by atoms with Crippen molar-refractivity contribution in [3.8, 4) is 0 Å². The zero-order valence-corrected chi connectivity index (χ0v) is 12.3. The first kappa shape index (κ1) is 16.0. The molecule has 110 valence electrons. The number of carboxylic acid groups (broad SMARTS) is 1.